The van der Waals surface area contributed by atoms with E-state index in [0.29, 0.717) is 27.0 Å². The van der Waals surface area contributed by atoms with Gasteiger partial charge in [0.1, 0.15) is 11.3 Å². The average Bonchev–Trinajstić information content (AvgIpc) is 3.00. The highest BCUT2D eigenvalue weighted by molar-refractivity contribution is 7.22. The van der Waals surface area contributed by atoms with Crippen LogP contribution in [0.5, 0.6) is 5.75 Å². The number of amides is 1. The number of nitrogens with one attached hydrogen (secondary N) is 2. The summed E-state index contributed by atoms with van der Waals surface area (Å²) in [6.45, 7) is 3.85. The van der Waals surface area contributed by atoms with Crippen molar-refractivity contribution < 1.29 is 9.53 Å². The number of ether oxygens (including phenoxy) is 1. The molecule has 0 atom stereocenters. The zero-order chi connectivity index (χ0) is 17.3. The Morgan fingerprint density at radius 1 is 1.25 bits per heavy atom. The lowest BCUT2D eigenvalue weighted by Crippen LogP contribution is -2.29. The fraction of sp³-hybridized carbons (Fsp3) is 0.176. The van der Waals surface area contributed by atoms with Gasteiger partial charge in [0.05, 0.1) is 16.8 Å². The minimum absolute atomic E-state index is 0.214. The Balaban J connectivity index is 1.82. The maximum absolute atomic E-state index is 12.3. The molecule has 0 bridgehead atoms. The summed E-state index contributed by atoms with van der Waals surface area (Å²) in [7, 11) is 1.58. The molecular formula is C17H16ClN3O2S. The molecule has 0 saturated heterocycles. The Bertz CT molecular complexity index is 924. The summed E-state index contributed by atoms with van der Waals surface area (Å²) in [5.74, 6) is 0.424. The number of carbonyl (C=O) groups is 1. The van der Waals surface area contributed by atoms with Crippen molar-refractivity contribution in [3.05, 3.63) is 52.0 Å². The molecule has 0 aliphatic rings. The van der Waals surface area contributed by atoms with Crippen LogP contribution in [0.25, 0.3) is 10.2 Å². The lowest BCUT2D eigenvalue weighted by atomic mass is 10.1. The van der Waals surface area contributed by atoms with Crippen molar-refractivity contribution in [2.45, 2.75) is 13.8 Å². The molecule has 3 aromatic rings. The molecule has 0 radical (unpaired) electrons. The van der Waals surface area contributed by atoms with Gasteiger partial charge in [0.25, 0.3) is 5.91 Å². The third-order valence-electron chi connectivity index (χ3n) is 3.60. The molecule has 1 heterocycles. The Kier molecular flexibility index (Phi) is 4.59. The second-order valence-electron chi connectivity index (χ2n) is 5.34. The molecule has 7 heteroatoms. The molecule has 3 rings (SSSR count). The van der Waals surface area contributed by atoms with Crippen LogP contribution in [0.2, 0.25) is 5.02 Å². The maximum atomic E-state index is 12.3. The summed E-state index contributed by atoms with van der Waals surface area (Å²) in [5.41, 5.74) is 8.76. The number of hydrazine groups is 1. The van der Waals surface area contributed by atoms with Gasteiger partial charge in [0, 0.05) is 5.56 Å². The van der Waals surface area contributed by atoms with Gasteiger partial charge in [-0.3, -0.25) is 15.6 Å². The van der Waals surface area contributed by atoms with Gasteiger partial charge >= 0.3 is 0 Å². The number of fused-ring (bicyclic) bond motifs is 1. The molecule has 0 unspecified atom stereocenters. The molecule has 2 N–H and O–H groups in total. The number of aromatic nitrogens is 1. The van der Waals surface area contributed by atoms with E-state index in [-0.39, 0.29) is 5.91 Å². The highest BCUT2D eigenvalue weighted by atomic mass is 35.5. The summed E-state index contributed by atoms with van der Waals surface area (Å²) in [4.78, 5) is 16.8. The average molecular weight is 362 g/mol. The van der Waals surface area contributed by atoms with Crippen molar-refractivity contribution in [2.24, 2.45) is 0 Å². The Morgan fingerprint density at radius 3 is 2.79 bits per heavy atom. The van der Waals surface area contributed by atoms with Gasteiger partial charge < -0.3 is 4.74 Å². The molecule has 124 valence electrons. The van der Waals surface area contributed by atoms with Crippen LogP contribution in [-0.2, 0) is 0 Å². The van der Waals surface area contributed by atoms with E-state index >= 15 is 0 Å². The Morgan fingerprint density at radius 2 is 2.04 bits per heavy atom. The molecule has 2 aromatic carbocycles. The number of hydrogen-bond acceptors (Lipinski definition) is 5. The lowest BCUT2D eigenvalue weighted by molar-refractivity contribution is 0.0962. The number of halogens is 1. The zero-order valence-corrected chi connectivity index (χ0v) is 15.0. The molecule has 0 aliphatic heterocycles. The molecular weight excluding hydrogens is 346 g/mol. The number of benzene rings is 2. The van der Waals surface area contributed by atoms with Crippen molar-refractivity contribution in [1.29, 1.82) is 0 Å². The molecule has 24 heavy (non-hydrogen) atoms. The quantitative estimate of drug-likeness (QED) is 0.679. The fourth-order valence-corrected chi connectivity index (χ4v) is 3.44. The van der Waals surface area contributed by atoms with E-state index in [1.165, 1.54) is 11.3 Å². The van der Waals surface area contributed by atoms with Crippen LogP contribution < -0.4 is 15.6 Å². The standard InChI is InChI=1S/C17H16ClN3O2S/c1-9-4-5-10(2)11(8-9)16(22)20-21-17-19-14-13(23-3)7-6-12(18)15(14)24-17/h4-8H,1-3H3,(H,19,21)(H,20,22). The first-order valence-electron chi connectivity index (χ1n) is 7.26. The van der Waals surface area contributed by atoms with Crippen molar-refractivity contribution in [3.8, 4) is 5.75 Å². The van der Waals surface area contributed by atoms with Crippen LogP contribution in [-0.4, -0.2) is 18.0 Å². The second kappa shape index (κ2) is 6.67. The zero-order valence-electron chi connectivity index (χ0n) is 13.4. The lowest BCUT2D eigenvalue weighted by Gasteiger charge is -2.08. The first-order valence-corrected chi connectivity index (χ1v) is 8.45. The van der Waals surface area contributed by atoms with E-state index < -0.39 is 0 Å². The third kappa shape index (κ3) is 3.16. The molecule has 0 saturated carbocycles. The third-order valence-corrected chi connectivity index (χ3v) is 5.03. The normalized spacial score (nSPS) is 10.7. The van der Waals surface area contributed by atoms with Crippen LogP contribution in [0.15, 0.2) is 30.3 Å². The second-order valence-corrected chi connectivity index (χ2v) is 6.75. The Hall–Kier alpha value is -2.31. The minimum Gasteiger partial charge on any atom is -0.494 e. The number of carbonyl (C=O) groups excluding carboxylic acids is 1. The first kappa shape index (κ1) is 16.5. The molecule has 1 amide bonds. The summed E-state index contributed by atoms with van der Waals surface area (Å²) in [6, 6.07) is 9.28. The molecule has 0 aliphatic carbocycles. The highest BCUT2D eigenvalue weighted by Gasteiger charge is 2.14. The van der Waals surface area contributed by atoms with E-state index in [9.17, 15) is 4.79 Å². The van der Waals surface area contributed by atoms with Crippen LogP contribution in [0.4, 0.5) is 5.13 Å². The SMILES string of the molecule is COc1ccc(Cl)c2sc(NNC(=O)c3cc(C)ccc3C)nc12. The fourth-order valence-electron chi connectivity index (χ4n) is 2.33. The van der Waals surface area contributed by atoms with Gasteiger partial charge in [-0.1, -0.05) is 40.6 Å². The number of rotatable bonds is 4. The number of thiazole rings is 1. The topological polar surface area (TPSA) is 63.2 Å². The van der Waals surface area contributed by atoms with Gasteiger partial charge in [-0.05, 0) is 37.6 Å². The van der Waals surface area contributed by atoms with Gasteiger partial charge in [0.15, 0.2) is 0 Å². The van der Waals surface area contributed by atoms with Crippen LogP contribution in [0.1, 0.15) is 21.5 Å². The van der Waals surface area contributed by atoms with Crippen LogP contribution in [0, 0.1) is 13.8 Å². The number of methoxy groups -OCH3 is 1. The number of anilines is 1. The van der Waals surface area contributed by atoms with Crippen LogP contribution in [0.3, 0.4) is 0 Å². The van der Waals surface area contributed by atoms with Gasteiger partial charge in [-0.25, -0.2) is 4.98 Å². The van der Waals surface area contributed by atoms with Crippen molar-refractivity contribution in [1.82, 2.24) is 10.4 Å². The van der Waals surface area contributed by atoms with Crippen LogP contribution >= 0.6 is 22.9 Å². The Labute approximate surface area is 148 Å². The summed E-state index contributed by atoms with van der Waals surface area (Å²) in [5, 5.41) is 1.13. The minimum atomic E-state index is -0.214. The van der Waals surface area contributed by atoms with Gasteiger partial charge in [-0.2, -0.15) is 0 Å². The first-order chi connectivity index (χ1) is 11.5. The van der Waals surface area contributed by atoms with Crippen molar-refractivity contribution >= 4 is 44.2 Å². The summed E-state index contributed by atoms with van der Waals surface area (Å²) < 4.78 is 6.10. The maximum Gasteiger partial charge on any atom is 0.269 e. The number of aryl methyl sites for hydroxylation is 2. The van der Waals surface area contributed by atoms with Gasteiger partial charge in [0.2, 0.25) is 5.13 Å². The largest absolute Gasteiger partial charge is 0.494 e. The molecule has 1 aromatic heterocycles. The smallest absolute Gasteiger partial charge is 0.269 e. The predicted octanol–water partition coefficient (Wildman–Crippen LogP) is 4.33. The monoisotopic (exact) mass is 361 g/mol. The highest BCUT2D eigenvalue weighted by Crippen LogP contribution is 2.37. The summed E-state index contributed by atoms with van der Waals surface area (Å²) >= 11 is 7.54. The van der Waals surface area contributed by atoms with E-state index in [2.05, 4.69) is 15.8 Å². The molecule has 5 nitrogen and oxygen atoms in total. The summed E-state index contributed by atoms with van der Waals surface area (Å²) in [6.07, 6.45) is 0. The number of nitrogens with zero attached hydrogens (tertiary/aromatic N) is 1. The molecule has 0 spiro atoms. The van der Waals surface area contributed by atoms with E-state index in [4.69, 9.17) is 16.3 Å². The van der Waals surface area contributed by atoms with E-state index in [1.54, 1.807) is 19.2 Å². The predicted molar refractivity (Wildman–Crippen MR) is 98.2 cm³/mol. The van der Waals surface area contributed by atoms with Gasteiger partial charge in [-0.15, -0.1) is 0 Å². The van der Waals surface area contributed by atoms with Crippen molar-refractivity contribution in [3.63, 3.8) is 0 Å². The van der Waals surface area contributed by atoms with E-state index in [0.717, 1.165) is 15.8 Å². The molecule has 0 fully saturated rings. The number of hydrogen-bond donors (Lipinski definition) is 2. The van der Waals surface area contributed by atoms with E-state index in [1.807, 2.05) is 32.0 Å². The van der Waals surface area contributed by atoms with Crippen molar-refractivity contribution in [2.75, 3.05) is 12.5 Å².